The van der Waals surface area contributed by atoms with Gasteiger partial charge in [0.2, 0.25) is 0 Å². The number of Topliss-reactive ketones (excluding diaryl/α,β-unsaturated/α-hetero) is 1. The van der Waals surface area contributed by atoms with Crippen LogP contribution in [0.2, 0.25) is 0 Å². The second kappa shape index (κ2) is 31.2. The monoisotopic (exact) mass is 1350 g/mol. The molecule has 0 bridgehead atoms. The first-order valence-corrected chi connectivity index (χ1v) is 30.9. The maximum atomic E-state index is 13.9. The third kappa shape index (κ3) is 18.6. The standard InChI is InChI=1S/C30H25F3N2O2.C25H22F3NO2.C24H21F3N2O2/c1-18-4-14-25(19(2)16-18)26-15-13-24(17-27(26)30(31,32)33)35-29(37)23-11-7-21(8-12-23)20-5-9-22(10-6-20)28(36)34-3;1-4-23(30)17-6-8-18(9-7-17)24(31)29-19-10-12-21(22(14-19)25(26,27)28)20-11-5-15(2)13-16(20)3;1-14-7-9-19(15(2)11-14)20-10-8-18(13-21(20)24(25,26)27)29-23(31)17-6-4-5-16(12-17)22(30)28-3/h4-17H,1-3H3,(H,34,36)(H,35,37);5-14H,4H2,1-3H3,(H,29,31);4-13H,1-3H3,(H,28,30)(H,29,31). The lowest BCUT2D eigenvalue weighted by molar-refractivity contribution is -0.137. The average Bonchev–Trinajstić information content (AvgIpc) is 0.796. The van der Waals surface area contributed by atoms with Crippen LogP contribution in [0.1, 0.15) is 126 Å². The van der Waals surface area contributed by atoms with Gasteiger partial charge in [-0.3, -0.25) is 28.8 Å². The summed E-state index contributed by atoms with van der Waals surface area (Å²) in [6, 6.07) is 52.8. The lowest BCUT2D eigenvalue weighted by Crippen LogP contribution is -2.19. The number of hydrogen-bond acceptors (Lipinski definition) is 6. The number of alkyl halides is 9. The molecular weight excluding hydrogens is 1290 g/mol. The highest BCUT2D eigenvalue weighted by Gasteiger charge is 2.37. The quantitative estimate of drug-likeness (QED) is 0.0538. The maximum absolute atomic E-state index is 13.9. The number of anilines is 3. The van der Waals surface area contributed by atoms with Gasteiger partial charge in [-0.05, 0) is 194 Å². The minimum Gasteiger partial charge on any atom is -0.355 e. The van der Waals surface area contributed by atoms with Gasteiger partial charge in [0.1, 0.15) is 0 Å². The molecule has 0 atom stereocenters. The molecule has 0 unspecified atom stereocenters. The third-order valence-corrected chi connectivity index (χ3v) is 16.0. The van der Waals surface area contributed by atoms with Gasteiger partial charge in [-0.25, -0.2) is 0 Å². The summed E-state index contributed by atoms with van der Waals surface area (Å²) in [5.41, 5.74) is 8.06. The van der Waals surface area contributed by atoms with Crippen LogP contribution in [0, 0.1) is 41.5 Å². The Morgan fingerprint density at radius 2 is 0.576 bits per heavy atom. The molecule has 0 radical (unpaired) electrons. The van der Waals surface area contributed by atoms with Crippen LogP contribution < -0.4 is 26.6 Å². The van der Waals surface area contributed by atoms with Crippen molar-refractivity contribution in [3.05, 3.63) is 290 Å². The van der Waals surface area contributed by atoms with E-state index in [9.17, 15) is 68.3 Å². The van der Waals surface area contributed by atoms with Crippen LogP contribution in [0.3, 0.4) is 0 Å². The number of halogens is 9. The van der Waals surface area contributed by atoms with Gasteiger partial charge in [0.15, 0.2) is 5.78 Å². The number of nitrogens with one attached hydrogen (secondary N) is 5. The van der Waals surface area contributed by atoms with E-state index < -0.39 is 52.9 Å². The van der Waals surface area contributed by atoms with E-state index in [2.05, 4.69) is 26.6 Å². The molecule has 0 fully saturated rings. The Morgan fingerprint density at radius 3 is 0.879 bits per heavy atom. The second-order valence-electron chi connectivity index (χ2n) is 23.3. The van der Waals surface area contributed by atoms with Crippen LogP contribution in [0.15, 0.2) is 206 Å². The Balaban J connectivity index is 0.000000190. The minimum atomic E-state index is -4.60. The van der Waals surface area contributed by atoms with Crippen LogP contribution >= 0.6 is 0 Å². The molecule has 5 amide bonds. The van der Waals surface area contributed by atoms with Crippen LogP contribution in [-0.4, -0.2) is 49.4 Å². The molecule has 0 spiro atoms. The topological polar surface area (TPSA) is 163 Å². The predicted octanol–water partition coefficient (Wildman–Crippen LogP) is 19.7. The van der Waals surface area contributed by atoms with Crippen molar-refractivity contribution >= 4 is 52.4 Å². The van der Waals surface area contributed by atoms with Gasteiger partial charge in [-0.2, -0.15) is 39.5 Å². The van der Waals surface area contributed by atoms with E-state index in [-0.39, 0.29) is 68.0 Å². The van der Waals surface area contributed by atoms with Gasteiger partial charge in [0.05, 0.1) is 16.7 Å². The van der Waals surface area contributed by atoms with E-state index in [0.717, 1.165) is 62.7 Å². The molecule has 99 heavy (non-hydrogen) atoms. The van der Waals surface area contributed by atoms with Crippen molar-refractivity contribution in [1.82, 2.24) is 10.6 Å². The van der Waals surface area contributed by atoms with E-state index >= 15 is 0 Å². The molecule has 10 aromatic carbocycles. The summed E-state index contributed by atoms with van der Waals surface area (Å²) in [7, 11) is 3.02. The van der Waals surface area contributed by atoms with E-state index in [1.54, 1.807) is 120 Å². The van der Waals surface area contributed by atoms with E-state index in [0.29, 0.717) is 39.8 Å². The van der Waals surface area contributed by atoms with Crippen molar-refractivity contribution in [1.29, 1.82) is 0 Å². The van der Waals surface area contributed by atoms with Crippen molar-refractivity contribution in [2.45, 2.75) is 73.4 Å². The molecule has 0 heterocycles. The lowest BCUT2D eigenvalue weighted by atomic mass is 9.94. The smallest absolute Gasteiger partial charge is 0.355 e. The number of carbonyl (C=O) groups excluding carboxylic acids is 6. The van der Waals surface area contributed by atoms with Crippen molar-refractivity contribution < 1.29 is 68.3 Å². The molecule has 10 rings (SSSR count). The second-order valence-corrected chi connectivity index (χ2v) is 23.3. The van der Waals surface area contributed by atoms with E-state index in [1.165, 1.54) is 92.0 Å². The Morgan fingerprint density at radius 1 is 0.303 bits per heavy atom. The summed E-state index contributed by atoms with van der Waals surface area (Å²) in [5.74, 6) is -2.29. The Kier molecular flexibility index (Phi) is 23.1. The SMILES string of the molecule is CCC(=O)c1ccc(C(=O)Nc2ccc(-c3ccc(C)cc3C)c(C(F)(F)F)c2)cc1.CNC(=O)c1ccc(-c2ccc(C(=O)Nc3ccc(-c4ccc(C)cc4C)c(C(F)(F)F)c3)cc2)cc1.CNC(=O)c1cccc(C(=O)Nc2ccc(-c3ccc(C)cc3C)c(C(F)(F)F)c2)c1. The Bertz CT molecular complexity index is 4680. The van der Waals surface area contributed by atoms with Gasteiger partial charge in [0, 0.05) is 71.0 Å². The summed E-state index contributed by atoms with van der Waals surface area (Å²) in [5, 5.41) is 12.6. The Hall–Kier alpha value is -11.4. The number of ketones is 1. The number of rotatable bonds is 14. The van der Waals surface area contributed by atoms with Crippen LogP contribution in [0.4, 0.5) is 56.6 Å². The first kappa shape index (κ1) is 73.4. The number of carbonyl (C=O) groups is 6. The summed E-state index contributed by atoms with van der Waals surface area (Å²) in [6.07, 6.45) is -13.4. The number of benzene rings is 10. The number of amides is 5. The van der Waals surface area contributed by atoms with Crippen molar-refractivity contribution in [3.63, 3.8) is 0 Å². The maximum Gasteiger partial charge on any atom is 0.417 e. The normalized spacial score (nSPS) is 11.2. The zero-order chi connectivity index (χ0) is 72.3. The largest absolute Gasteiger partial charge is 0.417 e. The van der Waals surface area contributed by atoms with Crippen LogP contribution in [0.5, 0.6) is 0 Å². The molecule has 10 aromatic rings. The molecule has 0 saturated heterocycles. The molecule has 0 saturated carbocycles. The average molecular weight is 1350 g/mol. The molecule has 20 heteroatoms. The van der Waals surface area contributed by atoms with Crippen molar-refractivity contribution in [3.8, 4) is 44.5 Å². The first-order chi connectivity index (χ1) is 46.8. The summed E-state index contributed by atoms with van der Waals surface area (Å²) in [4.78, 5) is 73.0. The molecule has 508 valence electrons. The first-order valence-electron chi connectivity index (χ1n) is 30.9. The van der Waals surface area contributed by atoms with Gasteiger partial charge < -0.3 is 26.6 Å². The minimum absolute atomic E-state index is 0.0104. The molecule has 0 aromatic heterocycles. The molecule has 11 nitrogen and oxygen atoms in total. The van der Waals surface area contributed by atoms with Crippen molar-refractivity contribution in [2.24, 2.45) is 0 Å². The molecular formula is C79H68F9N5O6. The van der Waals surface area contributed by atoms with Crippen LogP contribution in [-0.2, 0) is 18.5 Å². The fourth-order valence-corrected chi connectivity index (χ4v) is 11.0. The predicted molar refractivity (Wildman–Crippen MR) is 369 cm³/mol. The summed E-state index contributed by atoms with van der Waals surface area (Å²) < 4.78 is 125. The number of aryl methyl sites for hydroxylation is 6. The highest BCUT2D eigenvalue weighted by molar-refractivity contribution is 6.08. The van der Waals surface area contributed by atoms with Crippen molar-refractivity contribution in [2.75, 3.05) is 30.0 Å². The molecule has 0 aliphatic rings. The molecule has 0 aliphatic carbocycles. The third-order valence-electron chi connectivity index (χ3n) is 16.0. The van der Waals surface area contributed by atoms with Gasteiger partial charge in [-0.15, -0.1) is 0 Å². The zero-order valence-corrected chi connectivity index (χ0v) is 55.2. The van der Waals surface area contributed by atoms with E-state index in [1.807, 2.05) is 39.0 Å². The van der Waals surface area contributed by atoms with Gasteiger partial charge in [0.25, 0.3) is 29.5 Å². The van der Waals surface area contributed by atoms with Crippen LogP contribution in [0.25, 0.3) is 44.5 Å². The highest BCUT2D eigenvalue weighted by atomic mass is 19.4. The van der Waals surface area contributed by atoms with E-state index in [4.69, 9.17) is 0 Å². The van der Waals surface area contributed by atoms with Gasteiger partial charge >= 0.3 is 18.5 Å². The lowest BCUT2D eigenvalue weighted by Gasteiger charge is -2.17. The summed E-state index contributed by atoms with van der Waals surface area (Å²) >= 11 is 0. The highest BCUT2D eigenvalue weighted by Crippen LogP contribution is 2.43. The number of hydrogen-bond donors (Lipinski definition) is 5. The van der Waals surface area contributed by atoms with Gasteiger partial charge in [-0.1, -0.05) is 139 Å². The Labute approximate surface area is 566 Å². The fourth-order valence-electron chi connectivity index (χ4n) is 11.0. The fraction of sp³-hybridized carbons (Fsp3) is 0.165. The molecule has 5 N–H and O–H groups in total. The molecule has 0 aliphatic heterocycles. The zero-order valence-electron chi connectivity index (χ0n) is 55.2. The summed E-state index contributed by atoms with van der Waals surface area (Å²) in [6.45, 7) is 12.7.